The van der Waals surface area contributed by atoms with Crippen LogP contribution in [-0.4, -0.2) is 15.3 Å². The molecule has 0 aliphatic rings. The summed E-state index contributed by atoms with van der Waals surface area (Å²) < 4.78 is 1.40. The molecule has 0 N–H and O–H groups in total. The van der Waals surface area contributed by atoms with Crippen LogP contribution in [0.3, 0.4) is 0 Å². The van der Waals surface area contributed by atoms with Gasteiger partial charge >= 0.3 is 0 Å². The summed E-state index contributed by atoms with van der Waals surface area (Å²) in [6, 6.07) is 1.44. The summed E-state index contributed by atoms with van der Waals surface area (Å²) in [6.07, 6.45) is 0.444. The van der Waals surface area contributed by atoms with Crippen molar-refractivity contribution in [2.75, 3.05) is 0 Å². The van der Waals surface area contributed by atoms with Gasteiger partial charge in [-0.1, -0.05) is 6.92 Å². The Morgan fingerprint density at radius 3 is 2.64 bits per heavy atom. The number of carbonyl (C=O) groups excluding carboxylic acids is 1. The highest BCUT2D eigenvalue weighted by molar-refractivity contribution is 5.77. The summed E-state index contributed by atoms with van der Waals surface area (Å²) >= 11 is 0. The van der Waals surface area contributed by atoms with Crippen LogP contribution in [0.1, 0.15) is 24.9 Å². The van der Waals surface area contributed by atoms with Gasteiger partial charge in [-0.15, -0.1) is 0 Å². The van der Waals surface area contributed by atoms with Gasteiger partial charge in [0.2, 0.25) is 0 Å². The summed E-state index contributed by atoms with van der Waals surface area (Å²) in [5, 5.41) is 0. The van der Waals surface area contributed by atoms with Crippen LogP contribution >= 0.6 is 0 Å². The number of carbonyl (C=O) groups is 1. The first-order valence-electron chi connectivity index (χ1n) is 4.61. The van der Waals surface area contributed by atoms with Gasteiger partial charge in [0.15, 0.2) is 5.78 Å². The molecule has 76 valence electrons. The lowest BCUT2D eigenvalue weighted by atomic mass is 10.3. The van der Waals surface area contributed by atoms with E-state index < -0.39 is 0 Å². The van der Waals surface area contributed by atoms with E-state index in [0.717, 1.165) is 0 Å². The third-order valence-corrected chi connectivity index (χ3v) is 2.06. The molecule has 0 fully saturated rings. The van der Waals surface area contributed by atoms with E-state index in [4.69, 9.17) is 0 Å². The van der Waals surface area contributed by atoms with E-state index >= 15 is 0 Å². The molecule has 1 heterocycles. The number of Topliss-reactive ketones (excluding diaryl/α,β-unsaturated/α-hetero) is 1. The van der Waals surface area contributed by atoms with Gasteiger partial charge in [-0.25, -0.2) is 4.98 Å². The Morgan fingerprint density at radius 1 is 1.50 bits per heavy atom. The van der Waals surface area contributed by atoms with E-state index in [1.54, 1.807) is 20.8 Å². The third-order valence-electron chi connectivity index (χ3n) is 2.06. The molecule has 1 rings (SSSR count). The Bertz CT molecular complexity index is 407. The molecule has 0 aliphatic heterocycles. The van der Waals surface area contributed by atoms with E-state index in [-0.39, 0.29) is 17.9 Å². The Kier molecular flexibility index (Phi) is 3.17. The molecule has 0 saturated heterocycles. The lowest BCUT2D eigenvalue weighted by Crippen LogP contribution is -2.26. The minimum atomic E-state index is -0.156. The number of hydrogen-bond acceptors (Lipinski definition) is 3. The van der Waals surface area contributed by atoms with Crippen LogP contribution in [0.5, 0.6) is 0 Å². The van der Waals surface area contributed by atoms with Gasteiger partial charge in [0.25, 0.3) is 5.56 Å². The second-order valence-corrected chi connectivity index (χ2v) is 3.26. The predicted molar refractivity (Wildman–Crippen MR) is 53.3 cm³/mol. The van der Waals surface area contributed by atoms with Crippen molar-refractivity contribution in [2.45, 2.75) is 33.7 Å². The van der Waals surface area contributed by atoms with Crippen LogP contribution in [0, 0.1) is 13.8 Å². The SMILES string of the molecule is CCC(=O)Cn1c(C)nc(C)cc1=O. The van der Waals surface area contributed by atoms with Gasteiger partial charge < -0.3 is 0 Å². The smallest absolute Gasteiger partial charge is 0.254 e. The molecular weight excluding hydrogens is 180 g/mol. The summed E-state index contributed by atoms with van der Waals surface area (Å²) in [6.45, 7) is 5.41. The molecule has 0 aromatic carbocycles. The maximum Gasteiger partial charge on any atom is 0.254 e. The van der Waals surface area contributed by atoms with Crippen LogP contribution in [0.25, 0.3) is 0 Å². The quantitative estimate of drug-likeness (QED) is 0.716. The largest absolute Gasteiger partial charge is 0.298 e. The molecule has 0 saturated carbocycles. The Hall–Kier alpha value is -1.45. The fourth-order valence-electron chi connectivity index (χ4n) is 1.24. The average Bonchev–Trinajstić information content (AvgIpc) is 2.10. The van der Waals surface area contributed by atoms with Gasteiger partial charge in [0, 0.05) is 18.2 Å². The van der Waals surface area contributed by atoms with E-state index in [2.05, 4.69) is 4.98 Å². The molecule has 1 aromatic heterocycles. The van der Waals surface area contributed by atoms with Gasteiger partial charge in [0.1, 0.15) is 5.82 Å². The second-order valence-electron chi connectivity index (χ2n) is 3.26. The lowest BCUT2D eigenvalue weighted by Gasteiger charge is -2.07. The molecule has 0 spiro atoms. The van der Waals surface area contributed by atoms with Crippen LogP contribution in [0.2, 0.25) is 0 Å². The first kappa shape index (κ1) is 10.6. The Balaban J connectivity index is 3.09. The van der Waals surface area contributed by atoms with Crippen LogP contribution in [-0.2, 0) is 11.3 Å². The van der Waals surface area contributed by atoms with Crippen LogP contribution in [0.4, 0.5) is 0 Å². The topological polar surface area (TPSA) is 52.0 Å². The number of ketones is 1. The first-order chi connectivity index (χ1) is 6.54. The molecule has 4 heteroatoms. The minimum absolute atomic E-state index is 0.0425. The summed E-state index contributed by atoms with van der Waals surface area (Å²) in [4.78, 5) is 26.8. The fourth-order valence-corrected chi connectivity index (χ4v) is 1.24. The highest BCUT2D eigenvalue weighted by atomic mass is 16.1. The van der Waals surface area contributed by atoms with Gasteiger partial charge in [-0.2, -0.15) is 0 Å². The standard InChI is InChI=1S/C10H14N2O2/c1-4-9(13)6-12-8(3)11-7(2)5-10(12)14/h5H,4,6H2,1-3H3. The molecule has 0 aliphatic carbocycles. The molecule has 4 nitrogen and oxygen atoms in total. The number of hydrogen-bond donors (Lipinski definition) is 0. The number of rotatable bonds is 3. The van der Waals surface area contributed by atoms with Gasteiger partial charge in [-0.3, -0.25) is 14.2 Å². The zero-order valence-corrected chi connectivity index (χ0v) is 8.70. The molecule has 0 atom stereocenters. The predicted octanol–water partition coefficient (Wildman–Crippen LogP) is 0.839. The van der Waals surface area contributed by atoms with Crippen molar-refractivity contribution in [3.8, 4) is 0 Å². The normalized spacial score (nSPS) is 10.2. The van der Waals surface area contributed by atoms with Crippen molar-refractivity contribution in [3.05, 3.63) is 27.9 Å². The van der Waals surface area contributed by atoms with Crippen molar-refractivity contribution in [1.29, 1.82) is 0 Å². The first-order valence-corrected chi connectivity index (χ1v) is 4.61. The van der Waals surface area contributed by atoms with Crippen molar-refractivity contribution in [1.82, 2.24) is 9.55 Å². The van der Waals surface area contributed by atoms with Gasteiger partial charge in [-0.05, 0) is 13.8 Å². The second kappa shape index (κ2) is 4.17. The molecule has 0 bridgehead atoms. The lowest BCUT2D eigenvalue weighted by molar-refractivity contribution is -0.119. The average molecular weight is 194 g/mol. The molecule has 0 unspecified atom stereocenters. The zero-order valence-electron chi connectivity index (χ0n) is 8.70. The summed E-state index contributed by atoms with van der Waals surface area (Å²) in [5.41, 5.74) is 0.532. The Labute approximate surface area is 82.6 Å². The maximum absolute atomic E-state index is 11.5. The zero-order chi connectivity index (χ0) is 10.7. The minimum Gasteiger partial charge on any atom is -0.298 e. The van der Waals surface area contributed by atoms with Crippen molar-refractivity contribution < 1.29 is 4.79 Å². The van der Waals surface area contributed by atoms with E-state index in [1.807, 2.05) is 0 Å². The van der Waals surface area contributed by atoms with E-state index in [9.17, 15) is 9.59 Å². The monoisotopic (exact) mass is 194 g/mol. The molecule has 1 aromatic rings. The van der Waals surface area contributed by atoms with E-state index in [1.165, 1.54) is 10.6 Å². The molecule has 0 amide bonds. The van der Waals surface area contributed by atoms with E-state index in [0.29, 0.717) is 17.9 Å². The number of aromatic nitrogens is 2. The van der Waals surface area contributed by atoms with Crippen molar-refractivity contribution in [3.63, 3.8) is 0 Å². The number of aryl methyl sites for hydroxylation is 2. The Morgan fingerprint density at radius 2 is 2.14 bits per heavy atom. The van der Waals surface area contributed by atoms with Crippen LogP contribution < -0.4 is 5.56 Å². The third kappa shape index (κ3) is 2.28. The highest BCUT2D eigenvalue weighted by Gasteiger charge is 2.06. The number of nitrogens with zero attached hydrogens (tertiary/aromatic N) is 2. The molecule has 0 radical (unpaired) electrons. The fraction of sp³-hybridized carbons (Fsp3) is 0.500. The maximum atomic E-state index is 11.5. The van der Waals surface area contributed by atoms with Gasteiger partial charge in [0.05, 0.1) is 6.54 Å². The van der Waals surface area contributed by atoms with Crippen molar-refractivity contribution >= 4 is 5.78 Å². The summed E-state index contributed by atoms with van der Waals surface area (Å²) in [7, 11) is 0. The van der Waals surface area contributed by atoms with Crippen LogP contribution in [0.15, 0.2) is 10.9 Å². The summed E-state index contributed by atoms with van der Waals surface area (Å²) in [5.74, 6) is 0.637. The highest BCUT2D eigenvalue weighted by Crippen LogP contribution is 1.94. The molecule has 14 heavy (non-hydrogen) atoms. The molecular formula is C10H14N2O2. The van der Waals surface area contributed by atoms with Crippen molar-refractivity contribution in [2.24, 2.45) is 0 Å².